The smallest absolute Gasteiger partial charge is 0.236 e. The average Bonchev–Trinajstić information content (AvgIpc) is 3.15. The summed E-state index contributed by atoms with van der Waals surface area (Å²) in [6, 6.07) is 29.3. The van der Waals surface area contributed by atoms with Gasteiger partial charge in [0.2, 0.25) is 5.91 Å². The highest BCUT2D eigenvalue weighted by atomic mass is 16.2. The predicted molar refractivity (Wildman–Crippen MR) is 131 cm³/mol. The van der Waals surface area contributed by atoms with Crippen LogP contribution in [0.4, 0.5) is 11.4 Å². The molecule has 6 rings (SSSR count). The number of rotatable bonds is 3. The number of hydrogen-bond donors (Lipinski definition) is 0. The van der Waals surface area contributed by atoms with E-state index in [1.807, 2.05) is 29.2 Å². The van der Waals surface area contributed by atoms with E-state index in [1.54, 1.807) is 0 Å². The zero-order chi connectivity index (χ0) is 22.1. The number of hydrogen-bond acceptors (Lipinski definition) is 2. The molecule has 3 aliphatic rings. The minimum atomic E-state index is -0.517. The number of nitrogens with zero attached hydrogens (tertiary/aromatic N) is 2. The molecule has 1 aliphatic carbocycles. The number of fused-ring (bicyclic) bond motifs is 2. The van der Waals surface area contributed by atoms with E-state index in [0.717, 1.165) is 5.69 Å². The summed E-state index contributed by atoms with van der Waals surface area (Å²) in [5.41, 5.74) is 3.79. The van der Waals surface area contributed by atoms with E-state index in [0.29, 0.717) is 6.54 Å². The van der Waals surface area contributed by atoms with Crippen molar-refractivity contribution in [2.75, 3.05) is 23.4 Å². The normalized spacial score (nSPS) is 32.6. The molecule has 0 unspecified atom stereocenters. The fourth-order valence-corrected chi connectivity index (χ4v) is 7.35. The SMILES string of the molecule is CN1c2ccccc2[C@]2(C)[C@H](/C=C/c3ccccc3)[C@@]3(C)C(=O)N(c4ccccc4)C[C@]132. The molecule has 0 bridgehead atoms. The van der Waals surface area contributed by atoms with Crippen molar-refractivity contribution in [3.8, 4) is 0 Å². The molecule has 1 spiro atoms. The molecular formula is C29H28N2O. The maximum atomic E-state index is 14.2. The highest BCUT2D eigenvalue weighted by Crippen LogP contribution is 2.77. The molecule has 0 N–H and O–H groups in total. The first-order chi connectivity index (χ1) is 15.5. The maximum absolute atomic E-state index is 14.2. The van der Waals surface area contributed by atoms with Crippen LogP contribution < -0.4 is 9.80 Å². The van der Waals surface area contributed by atoms with Gasteiger partial charge < -0.3 is 9.80 Å². The molecule has 3 heteroatoms. The van der Waals surface area contributed by atoms with Crippen LogP contribution >= 0.6 is 0 Å². The lowest BCUT2D eigenvalue weighted by atomic mass is 9.36. The molecule has 4 atom stereocenters. The van der Waals surface area contributed by atoms with Crippen LogP contribution in [0.1, 0.15) is 25.0 Å². The summed E-state index contributed by atoms with van der Waals surface area (Å²) in [5.74, 6) is 0.325. The number of carbonyl (C=O) groups is 1. The standard InChI is InChI=1S/C29H28N2O/c1-27-23-16-10-11-17-24(23)30(3)29(27)20-31(22-14-8-5-9-15-22)26(32)28(29,2)25(27)19-18-21-12-6-4-7-13-21/h4-19,25H,20H2,1-3H3/b19-18+/t25-,27+,28-,29+/m0/s1. The first-order valence-corrected chi connectivity index (χ1v) is 11.4. The quantitative estimate of drug-likeness (QED) is 0.556. The summed E-state index contributed by atoms with van der Waals surface area (Å²) in [6.45, 7) is 5.27. The van der Waals surface area contributed by atoms with Gasteiger partial charge in [-0.05, 0) is 36.2 Å². The lowest BCUT2D eigenvalue weighted by Gasteiger charge is -2.68. The van der Waals surface area contributed by atoms with Crippen molar-refractivity contribution in [1.82, 2.24) is 0 Å². The van der Waals surface area contributed by atoms with Gasteiger partial charge in [-0.1, -0.05) is 85.8 Å². The Morgan fingerprint density at radius 1 is 0.844 bits per heavy atom. The van der Waals surface area contributed by atoms with E-state index < -0.39 is 5.41 Å². The maximum Gasteiger partial charge on any atom is 0.236 e. The predicted octanol–water partition coefficient (Wildman–Crippen LogP) is 5.53. The van der Waals surface area contributed by atoms with Gasteiger partial charge in [0.15, 0.2) is 0 Å². The van der Waals surface area contributed by atoms with Crippen molar-refractivity contribution in [3.63, 3.8) is 0 Å². The summed E-state index contributed by atoms with van der Waals surface area (Å²) < 4.78 is 0. The third kappa shape index (κ3) is 2.00. The van der Waals surface area contributed by atoms with Crippen LogP contribution in [-0.4, -0.2) is 25.0 Å². The molecule has 2 aliphatic heterocycles. The topological polar surface area (TPSA) is 23.6 Å². The number of carbonyl (C=O) groups excluding carboxylic acids is 1. The molecule has 32 heavy (non-hydrogen) atoms. The second-order valence-electron chi connectivity index (χ2n) is 9.82. The van der Waals surface area contributed by atoms with Gasteiger partial charge in [-0.25, -0.2) is 0 Å². The van der Waals surface area contributed by atoms with Crippen molar-refractivity contribution in [2.45, 2.75) is 24.8 Å². The molecule has 0 radical (unpaired) electrons. The highest BCUT2D eigenvalue weighted by molar-refractivity contribution is 6.06. The number of amides is 1. The van der Waals surface area contributed by atoms with Gasteiger partial charge in [-0.15, -0.1) is 0 Å². The van der Waals surface area contributed by atoms with Gasteiger partial charge >= 0.3 is 0 Å². The zero-order valence-electron chi connectivity index (χ0n) is 18.8. The fraction of sp³-hybridized carbons (Fsp3) is 0.276. The van der Waals surface area contributed by atoms with Crippen molar-refractivity contribution in [1.29, 1.82) is 0 Å². The molecule has 1 saturated carbocycles. The Kier molecular flexibility index (Phi) is 3.84. The first-order valence-electron chi connectivity index (χ1n) is 11.4. The molecule has 2 heterocycles. The summed E-state index contributed by atoms with van der Waals surface area (Å²) in [4.78, 5) is 18.6. The molecule has 2 fully saturated rings. The van der Waals surface area contributed by atoms with Crippen LogP contribution in [0, 0.1) is 11.3 Å². The van der Waals surface area contributed by atoms with Gasteiger partial charge in [0.25, 0.3) is 0 Å². The van der Waals surface area contributed by atoms with Crippen LogP contribution in [0.2, 0.25) is 0 Å². The molecular weight excluding hydrogens is 392 g/mol. The van der Waals surface area contributed by atoms with Crippen molar-refractivity contribution >= 4 is 23.4 Å². The second-order valence-corrected chi connectivity index (χ2v) is 9.82. The first kappa shape index (κ1) is 19.4. The Labute approximate surface area is 190 Å². The molecule has 3 aromatic carbocycles. The summed E-state index contributed by atoms with van der Waals surface area (Å²) in [5, 5.41) is 0. The Bertz CT molecular complexity index is 1240. The Morgan fingerprint density at radius 2 is 1.47 bits per heavy atom. The fourth-order valence-electron chi connectivity index (χ4n) is 7.35. The summed E-state index contributed by atoms with van der Waals surface area (Å²) in [7, 11) is 2.18. The number of anilines is 2. The van der Waals surface area contributed by atoms with Crippen LogP contribution in [0.25, 0.3) is 6.08 Å². The molecule has 1 saturated heterocycles. The van der Waals surface area contributed by atoms with E-state index in [9.17, 15) is 4.79 Å². The van der Waals surface area contributed by atoms with Crippen LogP contribution in [0.5, 0.6) is 0 Å². The third-order valence-electron chi connectivity index (χ3n) is 8.78. The van der Waals surface area contributed by atoms with E-state index in [-0.39, 0.29) is 22.8 Å². The number of benzene rings is 3. The minimum Gasteiger partial charge on any atom is -0.365 e. The van der Waals surface area contributed by atoms with E-state index in [1.165, 1.54) is 16.8 Å². The van der Waals surface area contributed by atoms with Gasteiger partial charge in [0.05, 0.1) is 17.5 Å². The Hall–Kier alpha value is -3.33. The van der Waals surface area contributed by atoms with Crippen molar-refractivity contribution in [3.05, 3.63) is 102 Å². The highest BCUT2D eigenvalue weighted by Gasteiger charge is 2.86. The second kappa shape index (κ2) is 6.35. The zero-order valence-corrected chi connectivity index (χ0v) is 18.8. The van der Waals surface area contributed by atoms with Crippen molar-refractivity contribution < 1.29 is 4.79 Å². The number of likely N-dealkylation sites (N-methyl/N-ethyl adjacent to an activating group) is 1. The largest absolute Gasteiger partial charge is 0.365 e. The molecule has 160 valence electrons. The van der Waals surface area contributed by atoms with Crippen LogP contribution in [0.3, 0.4) is 0 Å². The number of allylic oxidation sites excluding steroid dienone is 1. The average molecular weight is 421 g/mol. The number of para-hydroxylation sites is 2. The molecule has 0 aromatic heterocycles. The van der Waals surface area contributed by atoms with E-state index >= 15 is 0 Å². The third-order valence-corrected chi connectivity index (χ3v) is 8.78. The van der Waals surface area contributed by atoms with Crippen LogP contribution in [0.15, 0.2) is 91.0 Å². The van der Waals surface area contributed by atoms with Gasteiger partial charge in [0.1, 0.15) is 0 Å². The molecule has 1 amide bonds. The van der Waals surface area contributed by atoms with Gasteiger partial charge in [-0.3, -0.25) is 4.79 Å². The van der Waals surface area contributed by atoms with Crippen molar-refractivity contribution in [2.24, 2.45) is 11.3 Å². The van der Waals surface area contributed by atoms with Gasteiger partial charge in [-0.2, -0.15) is 0 Å². The van der Waals surface area contributed by atoms with E-state index in [2.05, 4.69) is 98.6 Å². The summed E-state index contributed by atoms with van der Waals surface area (Å²) >= 11 is 0. The minimum absolute atomic E-state index is 0.0996. The lowest BCUT2D eigenvalue weighted by molar-refractivity contribution is -0.148. The molecule has 3 aromatic rings. The lowest BCUT2D eigenvalue weighted by Crippen LogP contribution is -2.80. The van der Waals surface area contributed by atoms with E-state index in [4.69, 9.17) is 0 Å². The van der Waals surface area contributed by atoms with Crippen LogP contribution in [-0.2, 0) is 10.2 Å². The van der Waals surface area contributed by atoms with Gasteiger partial charge in [0, 0.05) is 29.8 Å². The Morgan fingerprint density at radius 3 is 2.19 bits per heavy atom. The monoisotopic (exact) mass is 420 g/mol. The molecule has 3 nitrogen and oxygen atoms in total. The Balaban J connectivity index is 1.54. The summed E-state index contributed by atoms with van der Waals surface area (Å²) in [6.07, 6.45) is 4.50.